The van der Waals surface area contributed by atoms with Crippen LogP contribution in [0.3, 0.4) is 0 Å². The van der Waals surface area contributed by atoms with Gasteiger partial charge in [0.15, 0.2) is 0 Å². The molecule has 2 aromatic rings. The minimum atomic E-state index is -0.222. The van der Waals surface area contributed by atoms with Gasteiger partial charge in [0.25, 0.3) is 0 Å². The van der Waals surface area contributed by atoms with E-state index in [1.807, 2.05) is 28.9 Å². The Kier molecular flexibility index (Phi) is 3.33. The first kappa shape index (κ1) is 11.8. The molecule has 0 spiro atoms. The van der Waals surface area contributed by atoms with E-state index >= 15 is 0 Å². The number of nitrogens with one attached hydrogen (secondary N) is 1. The van der Waals surface area contributed by atoms with Crippen molar-refractivity contribution in [3.8, 4) is 0 Å². The summed E-state index contributed by atoms with van der Waals surface area (Å²) in [7, 11) is 0. The van der Waals surface area contributed by atoms with Crippen molar-refractivity contribution >= 4 is 23.4 Å². The monoisotopic (exact) mass is 239 g/mol. The van der Waals surface area contributed by atoms with E-state index in [0.717, 1.165) is 16.8 Å². The van der Waals surface area contributed by atoms with Crippen LogP contribution in [0.1, 0.15) is 5.56 Å². The molecule has 0 bridgehead atoms. The predicted octanol–water partition coefficient (Wildman–Crippen LogP) is 1.87. The first-order chi connectivity index (χ1) is 8.70. The lowest BCUT2D eigenvalue weighted by Crippen LogP contribution is -2.04. The lowest BCUT2D eigenvalue weighted by Gasteiger charge is -2.02. The Morgan fingerprint density at radius 2 is 2.33 bits per heavy atom. The highest BCUT2D eigenvalue weighted by molar-refractivity contribution is 5.94. The van der Waals surface area contributed by atoms with E-state index in [1.54, 1.807) is 18.3 Å². The van der Waals surface area contributed by atoms with Gasteiger partial charge < -0.3 is 10.1 Å². The normalized spacial score (nSPS) is 12.1. The minimum Gasteiger partial charge on any atom is -0.368 e. The maximum absolute atomic E-state index is 7.00. The van der Waals surface area contributed by atoms with Gasteiger partial charge in [0.05, 0.1) is 0 Å². The molecule has 5 heteroatoms. The van der Waals surface area contributed by atoms with E-state index in [9.17, 15) is 0 Å². The first-order valence-corrected chi connectivity index (χ1v) is 5.34. The summed E-state index contributed by atoms with van der Waals surface area (Å²) in [4.78, 5) is 7.86. The average molecular weight is 239 g/mol. The number of rotatable bonds is 3. The Bertz CT molecular complexity index is 648. The van der Waals surface area contributed by atoms with Crippen molar-refractivity contribution in [2.45, 2.75) is 0 Å². The highest BCUT2D eigenvalue weighted by Crippen LogP contribution is 2.15. The molecule has 0 amide bonds. The van der Waals surface area contributed by atoms with Gasteiger partial charge in [-0.2, -0.15) is 0 Å². The fraction of sp³-hybridized carbons (Fsp3) is 0. The number of nitrogens with zero attached hydrogens (tertiary/aromatic N) is 3. The highest BCUT2D eigenvalue weighted by atomic mass is 15.0. The van der Waals surface area contributed by atoms with Crippen LogP contribution in [0.5, 0.6) is 0 Å². The van der Waals surface area contributed by atoms with Crippen molar-refractivity contribution < 1.29 is 0 Å². The van der Waals surface area contributed by atoms with Crippen molar-refractivity contribution in [1.82, 2.24) is 9.38 Å². The van der Waals surface area contributed by atoms with Crippen LogP contribution in [-0.4, -0.2) is 21.6 Å². The summed E-state index contributed by atoms with van der Waals surface area (Å²) in [5.41, 5.74) is 7.92. The van der Waals surface area contributed by atoms with Gasteiger partial charge in [-0.25, -0.2) is 9.98 Å². The Morgan fingerprint density at radius 3 is 3.06 bits per heavy atom. The maximum atomic E-state index is 7.00. The lowest BCUT2D eigenvalue weighted by atomic mass is 10.1. The van der Waals surface area contributed by atoms with Crippen LogP contribution in [0.15, 0.2) is 54.4 Å². The summed E-state index contributed by atoms with van der Waals surface area (Å²) >= 11 is 0. The van der Waals surface area contributed by atoms with Gasteiger partial charge in [-0.15, -0.1) is 0 Å². The largest absolute Gasteiger partial charge is 0.368 e. The Morgan fingerprint density at radius 1 is 1.50 bits per heavy atom. The van der Waals surface area contributed by atoms with E-state index in [2.05, 4.69) is 16.6 Å². The van der Waals surface area contributed by atoms with Gasteiger partial charge in [0.1, 0.15) is 5.65 Å². The van der Waals surface area contributed by atoms with E-state index in [0.29, 0.717) is 0 Å². The van der Waals surface area contributed by atoms with Gasteiger partial charge in [-0.1, -0.05) is 12.7 Å². The van der Waals surface area contributed by atoms with Gasteiger partial charge >= 0.3 is 0 Å². The zero-order valence-corrected chi connectivity index (χ0v) is 9.74. The van der Waals surface area contributed by atoms with Crippen LogP contribution >= 0.6 is 0 Å². The molecule has 2 heterocycles. The molecule has 0 unspecified atom stereocenters. The van der Waals surface area contributed by atoms with Gasteiger partial charge in [-0.05, 0) is 29.3 Å². The summed E-state index contributed by atoms with van der Waals surface area (Å²) in [6.07, 6.45) is 10.5. The highest BCUT2D eigenvalue weighted by Gasteiger charge is 1.99. The fourth-order valence-electron chi connectivity index (χ4n) is 1.57. The number of hydrogen-bond donors (Lipinski definition) is 2. The molecule has 0 aromatic carbocycles. The molecular weight excluding hydrogens is 226 g/mol. The third kappa shape index (κ3) is 2.52. The van der Waals surface area contributed by atoms with Crippen LogP contribution in [0, 0.1) is 5.41 Å². The predicted molar refractivity (Wildman–Crippen MR) is 73.8 cm³/mol. The molecule has 18 heavy (non-hydrogen) atoms. The smallest absolute Gasteiger partial charge is 0.212 e. The van der Waals surface area contributed by atoms with E-state index < -0.39 is 0 Å². The number of hydrogen-bond acceptors (Lipinski definition) is 2. The average Bonchev–Trinajstić information content (AvgIpc) is 2.81. The van der Waals surface area contributed by atoms with E-state index in [4.69, 9.17) is 11.1 Å². The second-order valence-electron chi connectivity index (χ2n) is 3.60. The van der Waals surface area contributed by atoms with Crippen LogP contribution in [0.4, 0.5) is 0 Å². The second kappa shape index (κ2) is 5.09. The second-order valence-corrected chi connectivity index (χ2v) is 3.60. The number of guanidine groups is 1. The van der Waals surface area contributed by atoms with E-state index in [-0.39, 0.29) is 5.96 Å². The molecular formula is C13H13N5. The number of allylic oxidation sites excluding steroid dienone is 3. The summed E-state index contributed by atoms with van der Waals surface area (Å²) in [6.45, 7) is 3.76. The van der Waals surface area contributed by atoms with Gasteiger partial charge in [0.2, 0.25) is 5.96 Å². The molecule has 90 valence electrons. The fourth-order valence-corrected chi connectivity index (χ4v) is 1.57. The third-order valence-electron chi connectivity index (χ3n) is 2.41. The molecule has 0 radical (unpaired) electrons. The Hall–Kier alpha value is -2.69. The van der Waals surface area contributed by atoms with E-state index in [1.165, 1.54) is 6.21 Å². The Balaban J connectivity index is 2.37. The van der Waals surface area contributed by atoms with Crippen LogP contribution in [0.2, 0.25) is 0 Å². The third-order valence-corrected chi connectivity index (χ3v) is 2.41. The molecule has 2 aromatic heterocycles. The summed E-state index contributed by atoms with van der Waals surface area (Å²) in [6, 6.07) is 3.88. The van der Waals surface area contributed by atoms with Crippen molar-refractivity contribution in [1.29, 1.82) is 5.41 Å². The molecule has 0 aliphatic carbocycles. The number of aliphatic imine (C=N–C) groups is 1. The number of aromatic nitrogens is 2. The number of fused-ring (bicyclic) bond motifs is 1. The number of imidazole rings is 1. The summed E-state index contributed by atoms with van der Waals surface area (Å²) < 4.78 is 1.93. The van der Waals surface area contributed by atoms with Gasteiger partial charge in [-0.3, -0.25) is 5.41 Å². The molecule has 5 nitrogen and oxygen atoms in total. The molecule has 3 N–H and O–H groups in total. The SMILES string of the molecule is C=C/C(=C/C=NC(=N)N)c1ccc2nccn2c1. The molecule has 0 atom stereocenters. The molecule has 0 aliphatic heterocycles. The Labute approximate surface area is 105 Å². The van der Waals surface area contributed by atoms with Crippen LogP contribution < -0.4 is 5.73 Å². The van der Waals surface area contributed by atoms with Crippen molar-refractivity contribution in [3.63, 3.8) is 0 Å². The van der Waals surface area contributed by atoms with Crippen LogP contribution in [0.25, 0.3) is 11.2 Å². The molecule has 0 fully saturated rings. The van der Waals surface area contributed by atoms with Crippen LogP contribution in [-0.2, 0) is 0 Å². The number of pyridine rings is 1. The zero-order chi connectivity index (χ0) is 13.0. The zero-order valence-electron chi connectivity index (χ0n) is 9.74. The minimum absolute atomic E-state index is 0.222. The molecule has 0 aliphatic rings. The number of nitrogens with two attached hydrogens (primary N) is 1. The van der Waals surface area contributed by atoms with Crippen molar-refractivity contribution in [3.05, 3.63) is 55.0 Å². The summed E-state index contributed by atoms with van der Waals surface area (Å²) in [5, 5.41) is 7.00. The first-order valence-electron chi connectivity index (χ1n) is 5.34. The maximum Gasteiger partial charge on any atom is 0.212 e. The van der Waals surface area contributed by atoms with Crippen molar-refractivity contribution in [2.24, 2.45) is 10.7 Å². The molecule has 2 rings (SSSR count). The summed E-state index contributed by atoms with van der Waals surface area (Å²) in [5.74, 6) is -0.222. The lowest BCUT2D eigenvalue weighted by molar-refractivity contribution is 1.18. The van der Waals surface area contributed by atoms with Crippen molar-refractivity contribution in [2.75, 3.05) is 0 Å². The quantitative estimate of drug-likeness (QED) is 0.487. The molecule has 0 saturated heterocycles. The topological polar surface area (TPSA) is 79.5 Å². The standard InChI is InChI=1S/C13H13N5/c1-2-10(5-6-17-13(14)15)11-3-4-12-16-7-8-18(12)9-11/h2-9H,1H2,(H3,14,15)/b10-5-,17-6?. The molecule has 0 saturated carbocycles. The van der Waals surface area contributed by atoms with Gasteiger partial charge in [0, 0.05) is 24.8 Å².